The van der Waals surface area contributed by atoms with Crippen molar-refractivity contribution in [2.45, 2.75) is 41.0 Å². The van der Waals surface area contributed by atoms with E-state index in [1.807, 2.05) is 34.6 Å². The van der Waals surface area contributed by atoms with Gasteiger partial charge in [0.15, 0.2) is 0 Å². The molecule has 7 nitrogen and oxygen atoms in total. The maximum absolute atomic E-state index is 11.5. The lowest BCUT2D eigenvalue weighted by molar-refractivity contribution is -0.127. The van der Waals surface area contributed by atoms with Crippen LogP contribution in [0.2, 0.25) is 0 Å². The number of nitrogens with one attached hydrogen (secondary N) is 2. The highest BCUT2D eigenvalue weighted by atomic mass is 16.5. The van der Waals surface area contributed by atoms with Crippen molar-refractivity contribution in [3.8, 4) is 0 Å². The molecule has 0 unspecified atom stereocenters. The van der Waals surface area contributed by atoms with E-state index in [9.17, 15) is 14.4 Å². The zero-order chi connectivity index (χ0) is 18.6. The average molecular weight is 344 g/mol. The standard InChI is InChI=1S/C17H32N2O5/c1-6-14(21)18-10-16(2,3)12-24-13-17(4,5)11-19-15(22)9-23-8-7-20/h7H,6,8-13H2,1-5H3,(H,18,21)(H,19,22). The Hall–Kier alpha value is -1.47. The van der Waals surface area contributed by atoms with E-state index in [0.717, 1.165) is 0 Å². The molecule has 0 aromatic carbocycles. The maximum atomic E-state index is 11.5. The normalized spacial score (nSPS) is 11.9. The Bertz CT molecular complexity index is 408. The molecule has 0 atom stereocenters. The van der Waals surface area contributed by atoms with E-state index in [0.29, 0.717) is 39.0 Å². The van der Waals surface area contributed by atoms with Gasteiger partial charge in [-0.3, -0.25) is 9.59 Å². The smallest absolute Gasteiger partial charge is 0.246 e. The molecule has 0 aromatic heterocycles. The van der Waals surface area contributed by atoms with Crippen molar-refractivity contribution in [3.63, 3.8) is 0 Å². The maximum Gasteiger partial charge on any atom is 0.246 e. The van der Waals surface area contributed by atoms with E-state index < -0.39 is 0 Å². The monoisotopic (exact) mass is 344 g/mol. The molecule has 0 fully saturated rings. The van der Waals surface area contributed by atoms with Gasteiger partial charge in [-0.2, -0.15) is 0 Å². The molecular formula is C17H32N2O5. The lowest BCUT2D eigenvalue weighted by Gasteiger charge is -2.29. The van der Waals surface area contributed by atoms with Crippen LogP contribution >= 0.6 is 0 Å². The number of amides is 2. The van der Waals surface area contributed by atoms with Crippen LogP contribution in [0.15, 0.2) is 0 Å². The second kappa shape index (κ2) is 11.1. The van der Waals surface area contributed by atoms with Gasteiger partial charge >= 0.3 is 0 Å². The van der Waals surface area contributed by atoms with Gasteiger partial charge in [0.25, 0.3) is 0 Å². The van der Waals surface area contributed by atoms with Gasteiger partial charge in [-0.1, -0.05) is 34.6 Å². The fourth-order valence-corrected chi connectivity index (χ4v) is 1.76. The van der Waals surface area contributed by atoms with Crippen LogP contribution in [-0.2, 0) is 23.9 Å². The first-order chi connectivity index (χ1) is 11.1. The molecule has 0 saturated carbocycles. The summed E-state index contributed by atoms with van der Waals surface area (Å²) >= 11 is 0. The summed E-state index contributed by atoms with van der Waals surface area (Å²) in [6.07, 6.45) is 1.08. The predicted octanol–water partition coefficient (Wildman–Crippen LogP) is 0.913. The Morgan fingerprint density at radius 3 is 1.88 bits per heavy atom. The van der Waals surface area contributed by atoms with Crippen molar-refractivity contribution < 1.29 is 23.9 Å². The number of hydrogen-bond acceptors (Lipinski definition) is 5. The average Bonchev–Trinajstić information content (AvgIpc) is 2.50. The molecule has 0 spiro atoms. The van der Waals surface area contributed by atoms with Gasteiger partial charge in [0, 0.05) is 30.3 Å². The quantitative estimate of drug-likeness (QED) is 0.383. The molecule has 140 valence electrons. The molecular weight excluding hydrogens is 312 g/mol. The van der Waals surface area contributed by atoms with Crippen LogP contribution in [0.3, 0.4) is 0 Å². The SMILES string of the molecule is CCC(=O)NCC(C)(C)COCC(C)(C)CNC(=O)COCC=O. The number of aldehydes is 1. The Morgan fingerprint density at radius 1 is 0.917 bits per heavy atom. The van der Waals surface area contributed by atoms with E-state index in [-0.39, 0.29) is 35.9 Å². The van der Waals surface area contributed by atoms with Gasteiger partial charge in [-0.05, 0) is 0 Å². The molecule has 0 saturated heterocycles. The van der Waals surface area contributed by atoms with E-state index in [1.54, 1.807) is 0 Å². The Balaban J connectivity index is 4.03. The van der Waals surface area contributed by atoms with Crippen LogP contribution in [0.1, 0.15) is 41.0 Å². The Kier molecular flexibility index (Phi) is 10.5. The van der Waals surface area contributed by atoms with Crippen molar-refractivity contribution in [1.82, 2.24) is 10.6 Å². The summed E-state index contributed by atoms with van der Waals surface area (Å²) in [5.74, 6) is -0.226. The molecule has 0 aliphatic rings. The molecule has 0 radical (unpaired) electrons. The molecule has 2 amide bonds. The second-order valence-electron chi connectivity index (χ2n) is 7.41. The van der Waals surface area contributed by atoms with Gasteiger partial charge < -0.3 is 24.9 Å². The molecule has 0 aromatic rings. The largest absolute Gasteiger partial charge is 0.380 e. The van der Waals surface area contributed by atoms with Crippen molar-refractivity contribution in [3.05, 3.63) is 0 Å². The van der Waals surface area contributed by atoms with E-state index in [4.69, 9.17) is 9.47 Å². The predicted molar refractivity (Wildman–Crippen MR) is 91.6 cm³/mol. The van der Waals surface area contributed by atoms with Gasteiger partial charge in [0.05, 0.1) is 13.2 Å². The molecule has 0 rings (SSSR count). The van der Waals surface area contributed by atoms with Gasteiger partial charge in [-0.25, -0.2) is 0 Å². The molecule has 0 aliphatic carbocycles. The van der Waals surface area contributed by atoms with Crippen molar-refractivity contribution >= 4 is 18.1 Å². The molecule has 2 N–H and O–H groups in total. The number of ether oxygens (including phenoxy) is 2. The van der Waals surface area contributed by atoms with Gasteiger partial charge in [0.1, 0.15) is 19.5 Å². The highest BCUT2D eigenvalue weighted by Gasteiger charge is 2.23. The number of rotatable bonds is 13. The van der Waals surface area contributed by atoms with Crippen LogP contribution in [0, 0.1) is 10.8 Å². The molecule has 0 heterocycles. The summed E-state index contributed by atoms with van der Waals surface area (Å²) in [4.78, 5) is 33.0. The third-order valence-corrected chi connectivity index (χ3v) is 3.25. The zero-order valence-electron chi connectivity index (χ0n) is 15.6. The van der Waals surface area contributed by atoms with Crippen molar-refractivity contribution in [2.24, 2.45) is 10.8 Å². The Morgan fingerprint density at radius 2 is 1.42 bits per heavy atom. The first-order valence-electron chi connectivity index (χ1n) is 8.24. The first kappa shape index (κ1) is 22.5. The molecule has 0 aliphatic heterocycles. The fraction of sp³-hybridized carbons (Fsp3) is 0.824. The van der Waals surface area contributed by atoms with E-state index >= 15 is 0 Å². The van der Waals surface area contributed by atoms with Gasteiger partial charge in [-0.15, -0.1) is 0 Å². The zero-order valence-corrected chi connectivity index (χ0v) is 15.6. The summed E-state index contributed by atoms with van der Waals surface area (Å²) in [6.45, 7) is 11.7. The van der Waals surface area contributed by atoms with E-state index in [2.05, 4.69) is 10.6 Å². The number of carbonyl (C=O) groups is 3. The highest BCUT2D eigenvalue weighted by molar-refractivity contribution is 5.77. The third kappa shape index (κ3) is 12.0. The molecule has 0 bridgehead atoms. The highest BCUT2D eigenvalue weighted by Crippen LogP contribution is 2.18. The lowest BCUT2D eigenvalue weighted by atomic mass is 9.93. The van der Waals surface area contributed by atoms with Crippen molar-refractivity contribution in [1.29, 1.82) is 0 Å². The fourth-order valence-electron chi connectivity index (χ4n) is 1.76. The first-order valence-corrected chi connectivity index (χ1v) is 8.24. The van der Waals surface area contributed by atoms with E-state index in [1.165, 1.54) is 0 Å². The lowest BCUT2D eigenvalue weighted by Crippen LogP contribution is -2.40. The summed E-state index contributed by atoms with van der Waals surface area (Å²) < 4.78 is 10.6. The number of hydrogen-bond donors (Lipinski definition) is 2. The minimum Gasteiger partial charge on any atom is -0.380 e. The van der Waals surface area contributed by atoms with Crippen LogP contribution in [-0.4, -0.2) is 57.6 Å². The second-order valence-corrected chi connectivity index (χ2v) is 7.41. The van der Waals surface area contributed by atoms with Crippen LogP contribution in [0.25, 0.3) is 0 Å². The number of carbonyl (C=O) groups excluding carboxylic acids is 3. The van der Waals surface area contributed by atoms with Crippen LogP contribution < -0.4 is 10.6 Å². The summed E-state index contributed by atoms with van der Waals surface area (Å²) in [7, 11) is 0. The van der Waals surface area contributed by atoms with Crippen molar-refractivity contribution in [2.75, 3.05) is 39.5 Å². The summed E-state index contributed by atoms with van der Waals surface area (Å²) in [6, 6.07) is 0. The third-order valence-electron chi connectivity index (χ3n) is 3.25. The topological polar surface area (TPSA) is 93.7 Å². The molecule has 24 heavy (non-hydrogen) atoms. The van der Waals surface area contributed by atoms with Gasteiger partial charge in [0.2, 0.25) is 11.8 Å². The van der Waals surface area contributed by atoms with Crippen LogP contribution in [0.4, 0.5) is 0 Å². The summed E-state index contributed by atoms with van der Waals surface area (Å²) in [5.41, 5.74) is -0.393. The molecule has 7 heteroatoms. The minimum absolute atomic E-state index is 0.0305. The van der Waals surface area contributed by atoms with Crippen LogP contribution in [0.5, 0.6) is 0 Å². The summed E-state index contributed by atoms with van der Waals surface area (Å²) in [5, 5.41) is 5.63. The Labute approximate surface area is 144 Å². The minimum atomic E-state index is -0.257.